The quantitative estimate of drug-likeness (QED) is 0.559. The summed E-state index contributed by atoms with van der Waals surface area (Å²) in [6, 6.07) is 0. The fourth-order valence-corrected chi connectivity index (χ4v) is 0.587. The summed E-state index contributed by atoms with van der Waals surface area (Å²) in [5, 5.41) is 8.71. The van der Waals surface area contributed by atoms with E-state index in [9.17, 15) is 4.79 Å². The van der Waals surface area contributed by atoms with E-state index in [1.165, 1.54) is 0 Å². The Kier molecular flexibility index (Phi) is 4.55. The Bertz CT molecular complexity index is 191. The number of carbonyl (C=O) groups is 1. The first kappa shape index (κ1) is 13.4. The average Bonchev–Trinajstić information content (AvgIpc) is 1.98. The molecule has 0 unspecified atom stereocenters. The number of hydrogen-bond acceptors (Lipinski definition) is 4. The molecule has 0 amide bonds. The standard InChI is InChI=1S/C10H20O4/c1-9(2,3)8(12)13-14-10(4,5)6-7-11/h11H,6-7H2,1-5H3. The molecule has 0 aliphatic heterocycles. The lowest BCUT2D eigenvalue weighted by Gasteiger charge is -2.24. The SMILES string of the molecule is CC(C)(CCO)OOC(=O)C(C)(C)C. The van der Waals surface area contributed by atoms with Crippen LogP contribution < -0.4 is 0 Å². The Hall–Kier alpha value is -0.610. The number of rotatable bonds is 4. The van der Waals surface area contributed by atoms with Gasteiger partial charge in [-0.1, -0.05) is 0 Å². The molecule has 0 saturated heterocycles. The van der Waals surface area contributed by atoms with E-state index in [0.717, 1.165) is 0 Å². The van der Waals surface area contributed by atoms with Crippen molar-refractivity contribution in [3.8, 4) is 0 Å². The molecule has 0 aliphatic rings. The van der Waals surface area contributed by atoms with E-state index in [4.69, 9.17) is 9.99 Å². The van der Waals surface area contributed by atoms with Gasteiger partial charge in [0.25, 0.3) is 0 Å². The van der Waals surface area contributed by atoms with Gasteiger partial charge in [-0.3, -0.25) is 4.89 Å². The zero-order valence-electron chi connectivity index (χ0n) is 9.59. The maximum atomic E-state index is 11.3. The van der Waals surface area contributed by atoms with E-state index in [0.29, 0.717) is 6.42 Å². The van der Waals surface area contributed by atoms with Gasteiger partial charge in [0.15, 0.2) is 0 Å². The normalized spacial score (nSPS) is 12.7. The molecule has 0 aromatic heterocycles. The van der Waals surface area contributed by atoms with Gasteiger partial charge in [-0.2, -0.15) is 4.89 Å². The van der Waals surface area contributed by atoms with E-state index >= 15 is 0 Å². The molecule has 0 rings (SSSR count). The molecule has 0 atom stereocenters. The van der Waals surface area contributed by atoms with Crippen molar-refractivity contribution < 1.29 is 19.7 Å². The summed E-state index contributed by atoms with van der Waals surface area (Å²) in [7, 11) is 0. The predicted molar refractivity (Wildman–Crippen MR) is 52.4 cm³/mol. The summed E-state index contributed by atoms with van der Waals surface area (Å²) >= 11 is 0. The van der Waals surface area contributed by atoms with Crippen LogP contribution in [-0.2, 0) is 14.6 Å². The maximum Gasteiger partial charge on any atom is 0.347 e. The number of aliphatic hydroxyl groups excluding tert-OH is 1. The summed E-state index contributed by atoms with van der Waals surface area (Å²) in [5.41, 5.74) is -1.22. The first-order valence-electron chi connectivity index (χ1n) is 4.70. The van der Waals surface area contributed by atoms with Gasteiger partial charge < -0.3 is 5.11 Å². The fourth-order valence-electron chi connectivity index (χ4n) is 0.587. The molecule has 0 aromatic rings. The summed E-state index contributed by atoms with van der Waals surface area (Å²) in [5.74, 6) is -0.413. The first-order valence-corrected chi connectivity index (χ1v) is 4.70. The van der Waals surface area contributed by atoms with Gasteiger partial charge in [0.1, 0.15) is 5.60 Å². The molecule has 0 bridgehead atoms. The minimum atomic E-state index is -0.643. The number of carbonyl (C=O) groups excluding carboxylic acids is 1. The molecule has 0 fully saturated rings. The Morgan fingerprint density at radius 1 is 1.21 bits per heavy atom. The van der Waals surface area contributed by atoms with Crippen LogP contribution in [0.1, 0.15) is 41.0 Å². The van der Waals surface area contributed by atoms with Crippen LogP contribution in [0.3, 0.4) is 0 Å². The van der Waals surface area contributed by atoms with Crippen LogP contribution >= 0.6 is 0 Å². The summed E-state index contributed by atoms with van der Waals surface area (Å²) in [4.78, 5) is 20.9. The van der Waals surface area contributed by atoms with Crippen LogP contribution in [-0.4, -0.2) is 23.3 Å². The Balaban J connectivity index is 4.00. The molecule has 0 aliphatic carbocycles. The Labute approximate surface area is 85.1 Å². The maximum absolute atomic E-state index is 11.3. The molecule has 0 heterocycles. The van der Waals surface area contributed by atoms with Gasteiger partial charge in [-0.05, 0) is 34.6 Å². The van der Waals surface area contributed by atoms with E-state index < -0.39 is 17.0 Å². The highest BCUT2D eigenvalue weighted by Gasteiger charge is 2.28. The van der Waals surface area contributed by atoms with E-state index in [-0.39, 0.29) is 6.61 Å². The summed E-state index contributed by atoms with van der Waals surface area (Å²) in [6.07, 6.45) is 0.421. The highest BCUT2D eigenvalue weighted by atomic mass is 17.2. The topological polar surface area (TPSA) is 55.8 Å². The fraction of sp³-hybridized carbons (Fsp3) is 0.900. The Morgan fingerprint density at radius 3 is 2.07 bits per heavy atom. The van der Waals surface area contributed by atoms with Gasteiger partial charge in [-0.15, -0.1) is 0 Å². The number of hydrogen-bond donors (Lipinski definition) is 1. The summed E-state index contributed by atoms with van der Waals surface area (Å²) in [6.45, 7) is 8.74. The van der Waals surface area contributed by atoms with Crippen LogP contribution in [0, 0.1) is 5.41 Å². The second kappa shape index (κ2) is 4.75. The van der Waals surface area contributed by atoms with Crippen molar-refractivity contribution in [2.45, 2.75) is 46.6 Å². The van der Waals surface area contributed by atoms with Crippen LogP contribution in [0.25, 0.3) is 0 Å². The van der Waals surface area contributed by atoms with Crippen LogP contribution in [0.2, 0.25) is 0 Å². The smallest absolute Gasteiger partial charge is 0.347 e. The molecule has 0 aromatic carbocycles. The molecular formula is C10H20O4. The second-order valence-corrected chi connectivity index (χ2v) is 4.94. The molecule has 0 spiro atoms. The van der Waals surface area contributed by atoms with Crippen molar-refractivity contribution in [3.05, 3.63) is 0 Å². The monoisotopic (exact) mass is 204 g/mol. The Morgan fingerprint density at radius 2 is 1.71 bits per heavy atom. The van der Waals surface area contributed by atoms with Crippen molar-refractivity contribution in [3.63, 3.8) is 0 Å². The zero-order chi connectivity index (χ0) is 11.4. The molecule has 14 heavy (non-hydrogen) atoms. The molecule has 84 valence electrons. The van der Waals surface area contributed by atoms with Crippen LogP contribution in [0.15, 0.2) is 0 Å². The lowest BCUT2D eigenvalue weighted by atomic mass is 9.98. The second-order valence-electron chi connectivity index (χ2n) is 4.94. The van der Waals surface area contributed by atoms with Gasteiger partial charge in [-0.25, -0.2) is 4.79 Å². The zero-order valence-corrected chi connectivity index (χ0v) is 9.59. The molecular weight excluding hydrogens is 184 g/mol. The van der Waals surface area contributed by atoms with Crippen molar-refractivity contribution in [1.29, 1.82) is 0 Å². The molecule has 4 nitrogen and oxygen atoms in total. The third-order valence-corrected chi connectivity index (χ3v) is 1.67. The van der Waals surface area contributed by atoms with E-state index in [1.54, 1.807) is 34.6 Å². The van der Waals surface area contributed by atoms with E-state index in [2.05, 4.69) is 4.89 Å². The third kappa shape index (κ3) is 5.19. The predicted octanol–water partition coefficient (Wildman–Crippen LogP) is 1.67. The summed E-state index contributed by atoms with van der Waals surface area (Å²) < 4.78 is 0. The van der Waals surface area contributed by atoms with Crippen LogP contribution in [0.5, 0.6) is 0 Å². The highest BCUT2D eigenvalue weighted by Crippen LogP contribution is 2.19. The third-order valence-electron chi connectivity index (χ3n) is 1.67. The molecule has 0 saturated carbocycles. The van der Waals surface area contributed by atoms with Gasteiger partial charge >= 0.3 is 5.97 Å². The van der Waals surface area contributed by atoms with Crippen LogP contribution in [0.4, 0.5) is 0 Å². The van der Waals surface area contributed by atoms with Crippen molar-refractivity contribution >= 4 is 5.97 Å². The average molecular weight is 204 g/mol. The van der Waals surface area contributed by atoms with Crippen molar-refractivity contribution in [2.24, 2.45) is 5.41 Å². The lowest BCUT2D eigenvalue weighted by molar-refractivity contribution is -0.332. The van der Waals surface area contributed by atoms with Crippen molar-refractivity contribution in [1.82, 2.24) is 0 Å². The van der Waals surface area contributed by atoms with Gasteiger partial charge in [0.2, 0.25) is 0 Å². The van der Waals surface area contributed by atoms with Gasteiger partial charge in [0, 0.05) is 13.0 Å². The highest BCUT2D eigenvalue weighted by molar-refractivity contribution is 5.74. The van der Waals surface area contributed by atoms with Crippen molar-refractivity contribution in [2.75, 3.05) is 6.61 Å². The minimum Gasteiger partial charge on any atom is -0.396 e. The largest absolute Gasteiger partial charge is 0.396 e. The minimum absolute atomic E-state index is 0.0000678. The lowest BCUT2D eigenvalue weighted by Crippen LogP contribution is -2.31. The molecule has 0 radical (unpaired) electrons. The van der Waals surface area contributed by atoms with Gasteiger partial charge in [0.05, 0.1) is 5.41 Å². The first-order chi connectivity index (χ1) is 6.19. The molecule has 4 heteroatoms. The number of aliphatic hydroxyl groups is 1. The van der Waals surface area contributed by atoms with E-state index in [1.807, 2.05) is 0 Å². The molecule has 1 N–H and O–H groups in total.